The van der Waals surface area contributed by atoms with E-state index < -0.39 is 0 Å². The number of aliphatic hydroxyl groups is 1. The standard InChI is InChI=1S/C15H23NO3/c1-15(2,9-10-17)12-16-14(18)8-11-19-13-6-4-3-5-7-13/h3-7,17H,8-12H2,1-2H3,(H,16,18). The molecule has 0 aliphatic carbocycles. The smallest absolute Gasteiger partial charge is 0.223 e. The van der Waals surface area contributed by atoms with Crippen LogP contribution in [0.2, 0.25) is 0 Å². The zero-order valence-electron chi connectivity index (χ0n) is 11.7. The molecule has 0 saturated heterocycles. The molecule has 0 heterocycles. The van der Waals surface area contributed by atoms with E-state index in [9.17, 15) is 4.79 Å². The molecule has 4 nitrogen and oxygen atoms in total. The van der Waals surface area contributed by atoms with E-state index >= 15 is 0 Å². The summed E-state index contributed by atoms with van der Waals surface area (Å²) >= 11 is 0. The predicted molar refractivity (Wildman–Crippen MR) is 75.0 cm³/mol. The van der Waals surface area contributed by atoms with Crippen LogP contribution in [0.25, 0.3) is 0 Å². The Bertz CT molecular complexity index is 376. The highest BCUT2D eigenvalue weighted by Gasteiger charge is 2.17. The van der Waals surface area contributed by atoms with E-state index in [1.165, 1.54) is 0 Å². The summed E-state index contributed by atoms with van der Waals surface area (Å²) in [6.07, 6.45) is 1.01. The second kappa shape index (κ2) is 7.79. The Hall–Kier alpha value is -1.55. The van der Waals surface area contributed by atoms with E-state index in [1.54, 1.807) is 0 Å². The summed E-state index contributed by atoms with van der Waals surface area (Å²) in [4.78, 5) is 11.6. The van der Waals surface area contributed by atoms with E-state index in [0.717, 1.165) is 5.75 Å². The highest BCUT2D eigenvalue weighted by molar-refractivity contribution is 5.76. The number of carbonyl (C=O) groups is 1. The van der Waals surface area contributed by atoms with Crippen molar-refractivity contribution in [2.24, 2.45) is 5.41 Å². The van der Waals surface area contributed by atoms with Crippen LogP contribution in [0.15, 0.2) is 30.3 Å². The molecule has 2 N–H and O–H groups in total. The molecule has 0 aliphatic heterocycles. The Morgan fingerprint density at radius 3 is 2.63 bits per heavy atom. The van der Waals surface area contributed by atoms with E-state index in [2.05, 4.69) is 5.32 Å². The van der Waals surface area contributed by atoms with Gasteiger partial charge in [-0.3, -0.25) is 4.79 Å². The second-order valence-corrected chi connectivity index (χ2v) is 5.33. The van der Waals surface area contributed by atoms with E-state index in [-0.39, 0.29) is 17.9 Å². The van der Waals surface area contributed by atoms with Crippen LogP contribution in [-0.4, -0.2) is 30.8 Å². The number of carbonyl (C=O) groups excluding carboxylic acids is 1. The Kier molecular flexibility index (Phi) is 6.36. The maximum absolute atomic E-state index is 11.6. The fourth-order valence-corrected chi connectivity index (χ4v) is 1.60. The maximum Gasteiger partial charge on any atom is 0.223 e. The van der Waals surface area contributed by atoms with Crippen molar-refractivity contribution in [3.63, 3.8) is 0 Å². The summed E-state index contributed by atoms with van der Waals surface area (Å²) in [5.41, 5.74) is -0.0787. The van der Waals surface area contributed by atoms with E-state index in [0.29, 0.717) is 26.0 Å². The number of hydrogen-bond acceptors (Lipinski definition) is 3. The average molecular weight is 265 g/mol. The molecular weight excluding hydrogens is 242 g/mol. The van der Waals surface area contributed by atoms with Gasteiger partial charge >= 0.3 is 0 Å². The van der Waals surface area contributed by atoms with Gasteiger partial charge in [0.25, 0.3) is 0 Å². The molecular formula is C15H23NO3. The van der Waals surface area contributed by atoms with Crippen molar-refractivity contribution >= 4 is 5.91 Å². The van der Waals surface area contributed by atoms with Gasteiger partial charge in [-0.25, -0.2) is 0 Å². The number of para-hydroxylation sites is 1. The molecule has 0 aliphatic rings. The van der Waals surface area contributed by atoms with Crippen molar-refractivity contribution in [2.45, 2.75) is 26.7 Å². The molecule has 1 rings (SSSR count). The van der Waals surface area contributed by atoms with Gasteiger partial charge < -0.3 is 15.2 Å². The summed E-state index contributed by atoms with van der Waals surface area (Å²) < 4.78 is 5.46. The first kappa shape index (κ1) is 15.5. The lowest BCUT2D eigenvalue weighted by atomic mass is 9.90. The van der Waals surface area contributed by atoms with Crippen LogP contribution in [0.3, 0.4) is 0 Å². The van der Waals surface area contributed by atoms with Gasteiger partial charge in [0, 0.05) is 13.2 Å². The Morgan fingerprint density at radius 1 is 1.32 bits per heavy atom. The van der Waals surface area contributed by atoms with Crippen LogP contribution < -0.4 is 10.1 Å². The number of nitrogens with one attached hydrogen (secondary N) is 1. The largest absolute Gasteiger partial charge is 0.493 e. The number of aliphatic hydroxyl groups excluding tert-OH is 1. The van der Waals surface area contributed by atoms with Gasteiger partial charge in [-0.2, -0.15) is 0 Å². The van der Waals surface area contributed by atoms with Crippen molar-refractivity contribution < 1.29 is 14.6 Å². The quantitative estimate of drug-likeness (QED) is 0.755. The first-order chi connectivity index (χ1) is 9.03. The second-order valence-electron chi connectivity index (χ2n) is 5.33. The molecule has 1 amide bonds. The molecule has 1 aromatic rings. The van der Waals surface area contributed by atoms with Crippen LogP contribution in [0.1, 0.15) is 26.7 Å². The molecule has 0 aromatic heterocycles. The average Bonchev–Trinajstić information content (AvgIpc) is 2.38. The lowest BCUT2D eigenvalue weighted by molar-refractivity contribution is -0.122. The van der Waals surface area contributed by atoms with Gasteiger partial charge in [-0.15, -0.1) is 0 Å². The van der Waals surface area contributed by atoms with Gasteiger partial charge in [-0.1, -0.05) is 32.0 Å². The van der Waals surface area contributed by atoms with Crippen molar-refractivity contribution in [2.75, 3.05) is 19.8 Å². The molecule has 106 valence electrons. The number of benzene rings is 1. The Morgan fingerprint density at radius 2 is 2.00 bits per heavy atom. The van der Waals surface area contributed by atoms with Crippen LogP contribution >= 0.6 is 0 Å². The Labute approximate surface area is 114 Å². The number of ether oxygens (including phenoxy) is 1. The monoisotopic (exact) mass is 265 g/mol. The summed E-state index contributed by atoms with van der Waals surface area (Å²) in [7, 11) is 0. The number of rotatable bonds is 8. The van der Waals surface area contributed by atoms with Crippen LogP contribution in [0, 0.1) is 5.41 Å². The number of amides is 1. The molecule has 0 radical (unpaired) electrons. The summed E-state index contributed by atoms with van der Waals surface area (Å²) in [6.45, 7) is 5.11. The fraction of sp³-hybridized carbons (Fsp3) is 0.533. The van der Waals surface area contributed by atoms with Crippen molar-refractivity contribution in [3.05, 3.63) is 30.3 Å². The topological polar surface area (TPSA) is 58.6 Å². The third-order valence-electron chi connectivity index (χ3n) is 2.89. The van der Waals surface area contributed by atoms with Gasteiger partial charge in [0.2, 0.25) is 5.91 Å². The zero-order valence-corrected chi connectivity index (χ0v) is 11.7. The van der Waals surface area contributed by atoms with Crippen LogP contribution in [0.4, 0.5) is 0 Å². The summed E-state index contributed by atoms with van der Waals surface area (Å²) in [5, 5.41) is 11.8. The molecule has 1 aromatic carbocycles. The lowest BCUT2D eigenvalue weighted by Crippen LogP contribution is -2.35. The van der Waals surface area contributed by atoms with E-state index in [1.807, 2.05) is 44.2 Å². The van der Waals surface area contributed by atoms with Gasteiger partial charge in [0.15, 0.2) is 0 Å². The minimum Gasteiger partial charge on any atom is -0.493 e. The predicted octanol–water partition coefficient (Wildman–Crippen LogP) is 1.98. The summed E-state index contributed by atoms with van der Waals surface area (Å²) in [6, 6.07) is 9.44. The fourth-order valence-electron chi connectivity index (χ4n) is 1.60. The van der Waals surface area contributed by atoms with Crippen LogP contribution in [0.5, 0.6) is 5.75 Å². The van der Waals surface area contributed by atoms with Gasteiger partial charge in [-0.05, 0) is 24.0 Å². The third kappa shape index (κ3) is 6.82. The first-order valence-electron chi connectivity index (χ1n) is 6.59. The molecule has 19 heavy (non-hydrogen) atoms. The first-order valence-corrected chi connectivity index (χ1v) is 6.59. The van der Waals surface area contributed by atoms with Crippen molar-refractivity contribution in [1.29, 1.82) is 0 Å². The molecule has 0 saturated carbocycles. The highest BCUT2D eigenvalue weighted by Crippen LogP contribution is 2.17. The van der Waals surface area contributed by atoms with Crippen molar-refractivity contribution in [1.82, 2.24) is 5.32 Å². The molecule has 0 bridgehead atoms. The highest BCUT2D eigenvalue weighted by atomic mass is 16.5. The maximum atomic E-state index is 11.6. The lowest BCUT2D eigenvalue weighted by Gasteiger charge is -2.23. The van der Waals surface area contributed by atoms with Crippen molar-refractivity contribution in [3.8, 4) is 5.75 Å². The minimum atomic E-state index is -0.0787. The van der Waals surface area contributed by atoms with Crippen LogP contribution in [-0.2, 0) is 4.79 Å². The summed E-state index contributed by atoms with van der Waals surface area (Å²) in [5.74, 6) is 0.748. The molecule has 0 spiro atoms. The molecule has 0 unspecified atom stereocenters. The molecule has 4 heteroatoms. The SMILES string of the molecule is CC(C)(CCO)CNC(=O)CCOc1ccccc1. The Balaban J connectivity index is 2.18. The third-order valence-corrected chi connectivity index (χ3v) is 2.89. The zero-order chi connectivity index (χ0) is 14.1. The minimum absolute atomic E-state index is 0.0260. The molecule has 0 fully saturated rings. The van der Waals surface area contributed by atoms with Gasteiger partial charge in [0.1, 0.15) is 5.75 Å². The normalized spacial score (nSPS) is 11.1. The number of hydrogen-bond donors (Lipinski definition) is 2. The van der Waals surface area contributed by atoms with Gasteiger partial charge in [0.05, 0.1) is 13.0 Å². The van der Waals surface area contributed by atoms with E-state index in [4.69, 9.17) is 9.84 Å². The molecule has 0 atom stereocenters.